The number of aromatic amines is 1. The SMILES string of the molecule is Brc1ccc2c(c1)=c1cc(Br)c(=Cc3cc4[nH]c5ccc(Br)cc5c4cc3Br)cc1[NH+]=2. The molecule has 0 fully saturated rings. The van der Waals surface area contributed by atoms with Crippen molar-refractivity contribution in [2.75, 3.05) is 0 Å². The van der Waals surface area contributed by atoms with Crippen LogP contribution in [0.15, 0.2) is 78.6 Å². The molecule has 0 atom stereocenters. The number of hydrogen-bond donors (Lipinski definition) is 2. The topological polar surface area (TPSA) is 29.8 Å². The summed E-state index contributed by atoms with van der Waals surface area (Å²) in [7, 11) is 0. The quantitative estimate of drug-likeness (QED) is 0.222. The van der Waals surface area contributed by atoms with Crippen molar-refractivity contribution >= 4 is 97.3 Å². The summed E-state index contributed by atoms with van der Waals surface area (Å²) >= 11 is 14.7. The third-order valence-electron chi connectivity index (χ3n) is 5.67. The molecule has 0 radical (unpaired) electrons. The average molecular weight is 661 g/mol. The van der Waals surface area contributed by atoms with Gasteiger partial charge in [-0.3, -0.25) is 0 Å². The minimum absolute atomic E-state index is 1.06. The molecule has 0 spiro atoms. The smallest absolute Gasteiger partial charge is 0.212 e. The maximum atomic E-state index is 3.79. The normalized spacial score (nSPS) is 13.0. The Morgan fingerprint density at radius 1 is 0.677 bits per heavy atom. The van der Waals surface area contributed by atoms with Crippen molar-refractivity contribution in [1.82, 2.24) is 4.98 Å². The Kier molecular flexibility index (Phi) is 4.76. The molecule has 0 unspecified atom stereocenters. The number of hydrogen-bond acceptors (Lipinski definition) is 0. The molecule has 0 amide bonds. The molecule has 0 saturated carbocycles. The van der Waals surface area contributed by atoms with E-state index in [1.807, 2.05) is 0 Å². The van der Waals surface area contributed by atoms with Gasteiger partial charge in [0.15, 0.2) is 0 Å². The fraction of sp³-hybridized carbons (Fsp3) is 0. The number of nitrogens with one attached hydrogen (secondary N) is 2. The zero-order valence-electron chi connectivity index (χ0n) is 15.9. The van der Waals surface area contributed by atoms with Crippen molar-refractivity contribution in [3.05, 3.63) is 105 Å². The van der Waals surface area contributed by atoms with E-state index in [4.69, 9.17) is 0 Å². The van der Waals surface area contributed by atoms with Crippen molar-refractivity contribution in [3.8, 4) is 0 Å². The van der Waals surface area contributed by atoms with Crippen LogP contribution in [0.2, 0.25) is 0 Å². The number of fused-ring (bicyclic) bond motifs is 5. The molecule has 2 N–H and O–H groups in total. The molecular weight excluding hydrogens is 648 g/mol. The van der Waals surface area contributed by atoms with Gasteiger partial charge in [-0.05, 0) is 65.4 Å². The van der Waals surface area contributed by atoms with E-state index in [2.05, 4.69) is 140 Å². The Labute approximate surface area is 210 Å². The van der Waals surface area contributed by atoms with Crippen LogP contribution in [0.5, 0.6) is 0 Å². The van der Waals surface area contributed by atoms with Crippen molar-refractivity contribution in [2.45, 2.75) is 0 Å². The van der Waals surface area contributed by atoms with Crippen molar-refractivity contribution in [2.24, 2.45) is 0 Å². The summed E-state index contributed by atoms with van der Waals surface area (Å²) in [4.78, 5) is 7.08. The fourth-order valence-electron chi connectivity index (χ4n) is 4.21. The van der Waals surface area contributed by atoms with E-state index in [-0.39, 0.29) is 0 Å². The second kappa shape index (κ2) is 7.41. The van der Waals surface area contributed by atoms with Crippen LogP contribution in [-0.4, -0.2) is 4.98 Å². The van der Waals surface area contributed by atoms with Crippen LogP contribution in [-0.2, 0) is 0 Å². The van der Waals surface area contributed by atoms with Crippen LogP contribution in [0.3, 0.4) is 0 Å². The van der Waals surface area contributed by atoms with Crippen molar-refractivity contribution in [1.29, 1.82) is 0 Å². The first kappa shape index (κ1) is 19.9. The van der Waals surface area contributed by atoms with E-state index in [9.17, 15) is 0 Å². The fourth-order valence-corrected chi connectivity index (χ4v) is 5.85. The van der Waals surface area contributed by atoms with Gasteiger partial charge in [-0.15, -0.1) is 0 Å². The minimum atomic E-state index is 1.06. The lowest BCUT2D eigenvalue weighted by molar-refractivity contribution is -0.399. The first-order valence-electron chi connectivity index (χ1n) is 9.62. The van der Waals surface area contributed by atoms with Gasteiger partial charge in [0.2, 0.25) is 11.0 Å². The Hall–Kier alpha value is -1.73. The molecule has 6 rings (SSSR count). The van der Waals surface area contributed by atoms with Gasteiger partial charge in [0.05, 0.1) is 10.4 Å². The van der Waals surface area contributed by atoms with Gasteiger partial charge >= 0.3 is 0 Å². The molecule has 2 nitrogen and oxygen atoms in total. The zero-order valence-corrected chi connectivity index (χ0v) is 22.2. The summed E-state index contributed by atoms with van der Waals surface area (Å²) in [5, 5.41) is 7.09. The molecule has 31 heavy (non-hydrogen) atoms. The van der Waals surface area contributed by atoms with Crippen LogP contribution < -0.4 is 15.6 Å². The molecule has 1 aliphatic rings. The third-order valence-corrected chi connectivity index (χ3v) is 8.03. The van der Waals surface area contributed by atoms with Gasteiger partial charge in [-0.2, -0.15) is 0 Å². The summed E-state index contributed by atoms with van der Waals surface area (Å²) in [6.07, 6.45) is 2.20. The standard InChI is InChI=1S/C25H12Br4N2/c26-14-1-3-22-16(8-14)18-10-20(28)12(6-24(18)30-22)5-13-7-25-19(11-21(13)29)17-9-15(27)2-4-23(17)31-25/h1-11,30H/p+1. The average Bonchev–Trinajstić information content (AvgIpc) is 3.25. The number of benzene rings is 4. The highest BCUT2D eigenvalue weighted by Gasteiger charge is 2.13. The van der Waals surface area contributed by atoms with Gasteiger partial charge in [0, 0.05) is 51.8 Å². The monoisotopic (exact) mass is 657 g/mol. The highest BCUT2D eigenvalue weighted by Crippen LogP contribution is 2.32. The summed E-state index contributed by atoms with van der Waals surface area (Å²) in [6.45, 7) is 0. The molecule has 2 heterocycles. The van der Waals surface area contributed by atoms with Crippen LogP contribution in [0.1, 0.15) is 5.56 Å². The van der Waals surface area contributed by atoms with E-state index >= 15 is 0 Å². The third kappa shape index (κ3) is 3.35. The minimum Gasteiger partial charge on any atom is -0.354 e. The van der Waals surface area contributed by atoms with Gasteiger partial charge in [-0.1, -0.05) is 63.7 Å². The van der Waals surface area contributed by atoms with Crippen LogP contribution in [0, 0.1) is 10.4 Å². The van der Waals surface area contributed by atoms with E-state index in [0.29, 0.717) is 0 Å². The predicted molar refractivity (Wildman–Crippen MR) is 140 cm³/mol. The summed E-state index contributed by atoms with van der Waals surface area (Å²) in [5.74, 6) is 0. The Bertz CT molecular complexity index is 1790. The lowest BCUT2D eigenvalue weighted by Gasteiger charge is -2.01. The van der Waals surface area contributed by atoms with Crippen LogP contribution in [0.25, 0.3) is 27.9 Å². The molecular formula is C25H13Br4N2+. The van der Waals surface area contributed by atoms with Crippen LogP contribution >= 0.6 is 63.7 Å². The summed E-state index contributed by atoms with van der Waals surface area (Å²) in [5.41, 5.74) is 4.50. The molecule has 1 aromatic heterocycles. The van der Waals surface area contributed by atoms with E-state index in [1.54, 1.807) is 0 Å². The van der Waals surface area contributed by atoms with E-state index in [1.165, 1.54) is 21.2 Å². The number of halogens is 4. The molecule has 0 aliphatic carbocycles. The van der Waals surface area contributed by atoms with Gasteiger partial charge in [0.25, 0.3) is 0 Å². The molecule has 0 bridgehead atoms. The Morgan fingerprint density at radius 2 is 1.45 bits per heavy atom. The maximum Gasteiger partial charge on any atom is 0.212 e. The highest BCUT2D eigenvalue weighted by atomic mass is 79.9. The first-order valence-corrected chi connectivity index (χ1v) is 12.8. The summed E-state index contributed by atoms with van der Waals surface area (Å²) in [6, 6.07) is 21.4. The summed E-state index contributed by atoms with van der Waals surface area (Å²) < 4.78 is 4.28. The highest BCUT2D eigenvalue weighted by molar-refractivity contribution is 9.11. The van der Waals surface area contributed by atoms with Crippen molar-refractivity contribution < 1.29 is 4.99 Å². The largest absolute Gasteiger partial charge is 0.354 e. The molecule has 5 aromatic rings. The second-order valence-corrected chi connectivity index (χ2v) is 11.2. The zero-order chi connectivity index (χ0) is 21.3. The van der Waals surface area contributed by atoms with E-state index < -0.39 is 0 Å². The Morgan fingerprint density at radius 3 is 2.32 bits per heavy atom. The number of aromatic nitrogens is 1. The molecule has 4 aromatic carbocycles. The van der Waals surface area contributed by atoms with Crippen LogP contribution in [0.4, 0.5) is 5.69 Å². The Balaban J connectivity index is 1.58. The molecule has 1 aliphatic heterocycles. The molecule has 0 saturated heterocycles. The first-order chi connectivity index (χ1) is 15.0. The number of H-pyrrole nitrogens is 1. The lowest BCUT2D eigenvalue weighted by Crippen LogP contribution is -2.69. The molecule has 6 heteroatoms. The van der Waals surface area contributed by atoms with Gasteiger partial charge in [0.1, 0.15) is 0 Å². The van der Waals surface area contributed by atoms with Gasteiger partial charge in [-0.25, -0.2) is 4.99 Å². The number of rotatable bonds is 1. The van der Waals surface area contributed by atoms with Crippen molar-refractivity contribution in [3.63, 3.8) is 0 Å². The van der Waals surface area contributed by atoms with E-state index in [0.717, 1.165) is 50.8 Å². The lowest BCUT2D eigenvalue weighted by atomic mass is 10.1. The predicted octanol–water partition coefficient (Wildman–Crippen LogP) is 5.83. The molecule has 150 valence electrons. The van der Waals surface area contributed by atoms with Gasteiger partial charge < -0.3 is 4.98 Å². The maximum absolute atomic E-state index is 3.79. The second-order valence-electron chi connectivity index (χ2n) is 7.61.